The third-order valence-electron chi connectivity index (χ3n) is 10.0. The minimum absolute atomic E-state index is 0.0378. The first-order valence-electron chi connectivity index (χ1n) is 20.5. The van der Waals surface area contributed by atoms with Gasteiger partial charge in [0.25, 0.3) is 0 Å². The van der Waals surface area contributed by atoms with Crippen LogP contribution < -0.4 is 25.6 Å². The molecule has 2 amide bonds. The predicted octanol–water partition coefficient (Wildman–Crippen LogP) is 5.64. The summed E-state index contributed by atoms with van der Waals surface area (Å²) in [6.07, 6.45) is -9.74. The Balaban J connectivity index is 1.18. The van der Waals surface area contributed by atoms with Crippen LogP contribution in [0.25, 0.3) is 11.1 Å². The number of carbonyl (C=O) groups is 7. The highest BCUT2D eigenvalue weighted by atomic mass is 16.7. The lowest BCUT2D eigenvalue weighted by Gasteiger charge is -2.44. The summed E-state index contributed by atoms with van der Waals surface area (Å²) in [6.45, 7) is 3.33. The van der Waals surface area contributed by atoms with Gasteiger partial charge in [-0.2, -0.15) is 0 Å². The summed E-state index contributed by atoms with van der Waals surface area (Å²) in [5.74, 6) is -4.13. The Labute approximate surface area is 377 Å². The van der Waals surface area contributed by atoms with Crippen LogP contribution in [-0.2, 0) is 63.7 Å². The number of hydrogen-bond acceptors (Lipinski definition) is 18. The average Bonchev–Trinajstić information content (AvgIpc) is 3.60. The van der Waals surface area contributed by atoms with Crippen LogP contribution in [0.5, 0.6) is 11.5 Å². The second-order valence-electron chi connectivity index (χ2n) is 14.8. The summed E-state index contributed by atoms with van der Waals surface area (Å²) in [5, 5.41) is 16.1. The zero-order chi connectivity index (χ0) is 47.3. The van der Waals surface area contributed by atoms with E-state index in [2.05, 4.69) is 10.6 Å². The number of anilines is 2. The molecule has 4 aromatic rings. The van der Waals surface area contributed by atoms with Gasteiger partial charge >= 0.3 is 36.1 Å². The molecule has 0 unspecified atom stereocenters. The number of amides is 2. The van der Waals surface area contributed by atoms with E-state index in [-0.39, 0.29) is 55.0 Å². The lowest BCUT2D eigenvalue weighted by atomic mass is 9.98. The summed E-state index contributed by atoms with van der Waals surface area (Å²) in [4.78, 5) is 87.8. The minimum Gasteiger partial charge on any atom is -0.761 e. The quantitative estimate of drug-likeness (QED) is 0.0501. The summed E-state index contributed by atoms with van der Waals surface area (Å²) < 4.78 is 49.9. The molecule has 0 radical (unpaired) electrons. The second kappa shape index (κ2) is 22.3. The van der Waals surface area contributed by atoms with Gasteiger partial charge < -0.3 is 64.0 Å². The number of esters is 4. The van der Waals surface area contributed by atoms with Crippen molar-refractivity contribution in [2.24, 2.45) is 0 Å². The minimum atomic E-state index is -1.67. The van der Waals surface area contributed by atoms with Gasteiger partial charge in [-0.3, -0.25) is 24.0 Å². The van der Waals surface area contributed by atoms with Crippen LogP contribution in [0.15, 0.2) is 91.0 Å². The maximum absolute atomic E-state index is 13.5. The molecule has 0 bridgehead atoms. The van der Waals surface area contributed by atoms with Crippen LogP contribution in [0.1, 0.15) is 56.7 Å². The normalized spacial score (nSPS) is 18.2. The van der Waals surface area contributed by atoms with E-state index in [1.54, 1.807) is 5.48 Å². The van der Waals surface area contributed by atoms with Crippen LogP contribution in [-0.4, -0.2) is 92.5 Å². The predicted molar refractivity (Wildman–Crippen MR) is 230 cm³/mol. The number of nitrogens with one attached hydrogen (secondary N) is 3. The standard InChI is InChI=1S/C46H46N3O17/c1-25(50)58-24-39-41(61-26(2)51)42(62-27(3)52)43(63-28(4)53)44(66-39)65-38-18-13-29(22-60-46(56)64-31-16-14-30(49-57)15-17-31)21-37(38)48-40(54)19-20-47-45(55)59-23-36-34-11-7-5-9-32(34)33-10-6-8-12-35(33)36/h5-18,21,36,39,41-44,49H,19-20,22-24H2,1-4H3,(H,47,55)(H,48,54)/q-1/t39-,41+,42+,43-,44-/m1/s1. The molecule has 5 atom stereocenters. The zero-order valence-electron chi connectivity index (χ0n) is 36.1. The molecule has 348 valence electrons. The van der Waals surface area contributed by atoms with Crippen molar-refractivity contribution in [1.82, 2.24) is 5.32 Å². The van der Waals surface area contributed by atoms with Gasteiger partial charge in [0, 0.05) is 52.3 Å². The van der Waals surface area contributed by atoms with E-state index < -0.39 is 79.3 Å². The van der Waals surface area contributed by atoms with E-state index in [0.29, 0.717) is 5.56 Å². The van der Waals surface area contributed by atoms with Crippen LogP contribution in [0.2, 0.25) is 0 Å². The van der Waals surface area contributed by atoms with Crippen molar-refractivity contribution in [3.8, 4) is 22.6 Å². The van der Waals surface area contributed by atoms with Crippen molar-refractivity contribution in [1.29, 1.82) is 0 Å². The Bertz CT molecular complexity index is 2380. The van der Waals surface area contributed by atoms with Crippen molar-refractivity contribution in [2.75, 3.05) is 30.6 Å². The molecule has 1 fully saturated rings. The van der Waals surface area contributed by atoms with Gasteiger partial charge in [0.2, 0.25) is 18.3 Å². The summed E-state index contributed by atoms with van der Waals surface area (Å²) in [5.41, 5.74) is 6.40. The number of fused-ring (bicyclic) bond motifs is 3. The fourth-order valence-electron chi connectivity index (χ4n) is 7.28. The topological polar surface area (TPSA) is 262 Å². The number of carbonyl (C=O) groups excluding carboxylic acids is 7. The van der Waals surface area contributed by atoms with E-state index in [1.165, 1.54) is 42.5 Å². The maximum atomic E-state index is 13.5. The van der Waals surface area contributed by atoms with E-state index in [9.17, 15) is 38.8 Å². The number of ether oxygens (including phenoxy) is 9. The molecule has 20 heteroatoms. The summed E-state index contributed by atoms with van der Waals surface area (Å²) in [7, 11) is 0. The van der Waals surface area contributed by atoms with Crippen molar-refractivity contribution in [3.05, 3.63) is 113 Å². The first kappa shape index (κ1) is 47.8. The number of hydrogen-bond donors (Lipinski definition) is 3. The van der Waals surface area contributed by atoms with Crippen molar-refractivity contribution in [3.63, 3.8) is 0 Å². The third-order valence-corrected chi connectivity index (χ3v) is 10.0. The zero-order valence-corrected chi connectivity index (χ0v) is 36.1. The van der Waals surface area contributed by atoms with Gasteiger partial charge in [-0.05, 0) is 64.2 Å². The van der Waals surface area contributed by atoms with E-state index >= 15 is 0 Å². The Kier molecular flexibility index (Phi) is 16.1. The smallest absolute Gasteiger partial charge is 0.514 e. The van der Waals surface area contributed by atoms with Gasteiger partial charge in [-0.25, -0.2) is 9.59 Å². The molecular weight excluding hydrogens is 867 g/mol. The molecule has 2 aliphatic rings. The molecule has 6 rings (SSSR count). The summed E-state index contributed by atoms with van der Waals surface area (Å²) >= 11 is 0. The SMILES string of the molecule is CC(=O)OC[C@H]1O[C@@H](Oc2ccc(COC(=O)Oc3ccc(N[O-])cc3)cc2NC(=O)CCNC(=O)OCC2c3ccccc3-c3ccccc32)[C@H](OC(C)=O)[C@@H](OC(C)=O)[C@H]1OC(C)=O. The Morgan fingerprint density at radius 1 is 0.667 bits per heavy atom. The number of alkyl carbamates (subject to hydrolysis) is 1. The van der Waals surface area contributed by atoms with Gasteiger partial charge in [0.15, 0.2) is 12.2 Å². The highest BCUT2D eigenvalue weighted by Crippen LogP contribution is 2.44. The van der Waals surface area contributed by atoms with E-state index in [4.69, 9.17) is 42.6 Å². The largest absolute Gasteiger partial charge is 0.761 e. The van der Waals surface area contributed by atoms with E-state index in [0.717, 1.165) is 49.9 Å². The molecule has 4 aromatic carbocycles. The number of benzene rings is 4. The highest BCUT2D eigenvalue weighted by molar-refractivity contribution is 5.92. The fraction of sp³-hybridized carbons (Fsp3) is 0.326. The Morgan fingerprint density at radius 3 is 1.91 bits per heavy atom. The molecule has 66 heavy (non-hydrogen) atoms. The van der Waals surface area contributed by atoms with Crippen LogP contribution in [0, 0.1) is 5.21 Å². The van der Waals surface area contributed by atoms with Crippen molar-refractivity contribution in [2.45, 2.75) is 77.3 Å². The first-order chi connectivity index (χ1) is 31.7. The molecule has 0 saturated carbocycles. The molecule has 1 heterocycles. The third kappa shape index (κ3) is 12.7. The Morgan fingerprint density at radius 2 is 1.29 bits per heavy atom. The summed E-state index contributed by atoms with van der Waals surface area (Å²) in [6, 6.07) is 25.5. The molecule has 3 N–H and O–H groups in total. The molecule has 0 aromatic heterocycles. The lowest BCUT2D eigenvalue weighted by Crippen LogP contribution is -2.63. The monoisotopic (exact) mass is 912 g/mol. The van der Waals surface area contributed by atoms with Gasteiger partial charge in [-0.1, -0.05) is 54.6 Å². The molecule has 1 aliphatic heterocycles. The highest BCUT2D eigenvalue weighted by Gasteiger charge is 2.53. The fourth-order valence-corrected chi connectivity index (χ4v) is 7.28. The van der Waals surface area contributed by atoms with Gasteiger partial charge in [0.1, 0.15) is 37.4 Å². The van der Waals surface area contributed by atoms with Crippen LogP contribution >= 0.6 is 0 Å². The van der Waals surface area contributed by atoms with Crippen LogP contribution in [0.4, 0.5) is 21.0 Å². The van der Waals surface area contributed by atoms with Crippen molar-refractivity contribution < 1.29 is 76.2 Å². The molecule has 1 saturated heterocycles. The molecule has 0 spiro atoms. The Hall–Kier alpha value is -7.71. The van der Waals surface area contributed by atoms with Crippen molar-refractivity contribution >= 4 is 53.4 Å². The lowest BCUT2D eigenvalue weighted by molar-refractivity contribution is -0.288. The van der Waals surface area contributed by atoms with Gasteiger partial charge in [0.05, 0.1) is 5.69 Å². The van der Waals surface area contributed by atoms with Gasteiger partial charge in [-0.15, -0.1) is 0 Å². The maximum Gasteiger partial charge on any atom is 0.514 e. The molecular formula is C46H46N3O17-. The van der Waals surface area contributed by atoms with E-state index in [1.807, 2.05) is 48.5 Å². The first-order valence-corrected chi connectivity index (χ1v) is 20.5. The number of rotatable bonds is 17. The second-order valence-corrected chi connectivity index (χ2v) is 14.8. The molecule has 20 nitrogen and oxygen atoms in total. The van der Waals surface area contributed by atoms with Crippen LogP contribution in [0.3, 0.4) is 0 Å². The molecule has 1 aliphatic carbocycles. The average molecular weight is 913 g/mol.